The van der Waals surface area contributed by atoms with Gasteiger partial charge in [0.25, 0.3) is 0 Å². The molecule has 4 nitrogen and oxygen atoms in total. The molecule has 1 unspecified atom stereocenters. The van der Waals surface area contributed by atoms with Crippen LogP contribution in [0, 0.1) is 6.92 Å². The van der Waals surface area contributed by atoms with Gasteiger partial charge in [-0.15, -0.1) is 0 Å². The smallest absolute Gasteiger partial charge is 0.328 e. The first kappa shape index (κ1) is 13.2. The fourth-order valence-electron chi connectivity index (χ4n) is 2.12. The van der Waals surface area contributed by atoms with Gasteiger partial charge in [0.05, 0.1) is 12.7 Å². The Balaban J connectivity index is 2.20. The number of rotatable bonds is 2. The van der Waals surface area contributed by atoms with Crippen molar-refractivity contribution in [3.05, 3.63) is 39.6 Å². The predicted octanol–water partition coefficient (Wildman–Crippen LogP) is 3.02. The minimum atomic E-state index is -0.892. The third kappa shape index (κ3) is 3.17. The van der Waals surface area contributed by atoms with Crippen LogP contribution in [0.15, 0.2) is 28.4 Å². The van der Waals surface area contributed by atoms with Crippen molar-refractivity contribution in [2.75, 3.05) is 6.61 Å². The largest absolute Gasteiger partial charge is 0.478 e. The van der Waals surface area contributed by atoms with Gasteiger partial charge in [-0.3, -0.25) is 0 Å². The summed E-state index contributed by atoms with van der Waals surface area (Å²) in [6.07, 6.45) is 2.50. The third-order valence-corrected chi connectivity index (χ3v) is 3.40. The van der Waals surface area contributed by atoms with Gasteiger partial charge in [0.15, 0.2) is 0 Å². The zero-order valence-corrected chi connectivity index (χ0v) is 11.6. The molecule has 0 radical (unpaired) electrons. The zero-order valence-electron chi connectivity index (χ0n) is 10.0. The highest BCUT2D eigenvalue weighted by Gasteiger charge is 2.22. The first-order valence-electron chi connectivity index (χ1n) is 5.73. The Bertz CT molecular complexity index is 499. The maximum absolute atomic E-state index is 10.7. The van der Waals surface area contributed by atoms with Crippen LogP contribution in [0.1, 0.15) is 30.2 Å². The molecule has 2 rings (SSSR count). The van der Waals surface area contributed by atoms with Crippen molar-refractivity contribution < 1.29 is 14.6 Å². The zero-order chi connectivity index (χ0) is 13.1. The number of aliphatic carboxylic acids is 1. The van der Waals surface area contributed by atoms with Crippen LogP contribution >= 0.6 is 15.9 Å². The van der Waals surface area contributed by atoms with Crippen molar-refractivity contribution in [3.63, 3.8) is 0 Å². The van der Waals surface area contributed by atoms with Gasteiger partial charge in [-0.2, -0.15) is 0 Å². The number of carboxylic acid groups (broad SMARTS) is 1. The van der Waals surface area contributed by atoms with E-state index < -0.39 is 5.97 Å². The van der Waals surface area contributed by atoms with Gasteiger partial charge in [0.1, 0.15) is 4.60 Å². The first-order valence-corrected chi connectivity index (χ1v) is 6.52. The van der Waals surface area contributed by atoms with E-state index in [1.807, 2.05) is 19.1 Å². The second-order valence-corrected chi connectivity index (χ2v) is 5.08. The molecule has 0 bridgehead atoms. The van der Waals surface area contributed by atoms with E-state index in [1.54, 1.807) is 0 Å². The van der Waals surface area contributed by atoms with Crippen molar-refractivity contribution in [1.29, 1.82) is 0 Å². The molecule has 1 N–H and O–H groups in total. The molecule has 96 valence electrons. The van der Waals surface area contributed by atoms with Gasteiger partial charge in [0.2, 0.25) is 0 Å². The Morgan fingerprint density at radius 1 is 1.61 bits per heavy atom. The Hall–Kier alpha value is -1.20. The van der Waals surface area contributed by atoms with Crippen molar-refractivity contribution in [2.24, 2.45) is 0 Å². The van der Waals surface area contributed by atoms with Crippen LogP contribution in [0.2, 0.25) is 0 Å². The summed E-state index contributed by atoms with van der Waals surface area (Å²) >= 11 is 3.32. The van der Waals surface area contributed by atoms with E-state index in [-0.39, 0.29) is 6.10 Å². The van der Waals surface area contributed by atoms with Gasteiger partial charge in [-0.25, -0.2) is 9.78 Å². The molecule has 1 atom stereocenters. The van der Waals surface area contributed by atoms with E-state index in [2.05, 4.69) is 20.9 Å². The molecule has 5 heteroatoms. The molecule has 0 amide bonds. The van der Waals surface area contributed by atoms with E-state index in [0.717, 1.165) is 21.4 Å². The van der Waals surface area contributed by atoms with Crippen LogP contribution in [0.25, 0.3) is 0 Å². The fraction of sp³-hybridized carbons (Fsp3) is 0.385. The summed E-state index contributed by atoms with van der Waals surface area (Å²) in [5.74, 6) is -0.892. The molecule has 1 fully saturated rings. The molecule has 1 aromatic heterocycles. The molecule has 0 aromatic carbocycles. The molecule has 0 spiro atoms. The lowest BCUT2D eigenvalue weighted by Crippen LogP contribution is -2.16. The first-order chi connectivity index (χ1) is 8.56. The number of halogens is 1. The molecule has 1 aliphatic rings. The lowest BCUT2D eigenvalue weighted by atomic mass is 9.96. The summed E-state index contributed by atoms with van der Waals surface area (Å²) in [4.78, 5) is 15.0. The van der Waals surface area contributed by atoms with Gasteiger partial charge < -0.3 is 9.84 Å². The normalized spacial score (nSPS) is 22.1. The number of nitrogens with zero attached hydrogens (tertiary/aromatic N) is 1. The minimum absolute atomic E-state index is 0.0926. The van der Waals surface area contributed by atoms with Crippen LogP contribution in [-0.4, -0.2) is 22.7 Å². The SMILES string of the molecule is Cc1nc(Br)ccc1C1CC(=CC(=O)O)CCO1. The number of aryl methyl sites for hydroxylation is 1. The molecule has 1 saturated heterocycles. The lowest BCUT2D eigenvalue weighted by Gasteiger charge is -2.26. The summed E-state index contributed by atoms with van der Waals surface area (Å²) in [6.45, 7) is 2.48. The number of hydrogen-bond acceptors (Lipinski definition) is 3. The number of ether oxygens (including phenoxy) is 1. The average Bonchev–Trinajstić information content (AvgIpc) is 2.28. The highest BCUT2D eigenvalue weighted by Crippen LogP contribution is 2.32. The summed E-state index contributed by atoms with van der Waals surface area (Å²) in [5.41, 5.74) is 2.85. The van der Waals surface area contributed by atoms with Gasteiger partial charge in [-0.05, 0) is 41.8 Å². The molecule has 18 heavy (non-hydrogen) atoms. The number of hydrogen-bond donors (Lipinski definition) is 1. The Morgan fingerprint density at radius 3 is 3.06 bits per heavy atom. The molecular weight excluding hydrogens is 298 g/mol. The minimum Gasteiger partial charge on any atom is -0.478 e. The van der Waals surface area contributed by atoms with E-state index in [0.29, 0.717) is 19.4 Å². The lowest BCUT2D eigenvalue weighted by molar-refractivity contribution is -0.131. The van der Waals surface area contributed by atoms with Crippen molar-refractivity contribution in [1.82, 2.24) is 4.98 Å². The molecular formula is C13H14BrNO3. The van der Waals surface area contributed by atoms with Crippen LogP contribution in [0.5, 0.6) is 0 Å². The second kappa shape index (κ2) is 5.63. The number of carbonyl (C=O) groups is 1. The van der Waals surface area contributed by atoms with Gasteiger partial charge in [0, 0.05) is 17.3 Å². The highest BCUT2D eigenvalue weighted by molar-refractivity contribution is 9.10. The fourth-order valence-corrected chi connectivity index (χ4v) is 2.52. The molecule has 1 aromatic rings. The molecule has 0 saturated carbocycles. The van der Waals surface area contributed by atoms with Crippen molar-refractivity contribution in [3.8, 4) is 0 Å². The summed E-state index contributed by atoms with van der Waals surface area (Å²) in [5, 5.41) is 8.78. The molecule has 2 heterocycles. The van der Waals surface area contributed by atoms with Crippen LogP contribution < -0.4 is 0 Å². The quantitative estimate of drug-likeness (QED) is 0.673. The van der Waals surface area contributed by atoms with Gasteiger partial charge >= 0.3 is 5.97 Å². The summed E-state index contributed by atoms with van der Waals surface area (Å²) < 4.78 is 6.50. The average molecular weight is 312 g/mol. The summed E-state index contributed by atoms with van der Waals surface area (Å²) in [7, 11) is 0. The van der Waals surface area contributed by atoms with Gasteiger partial charge in [-0.1, -0.05) is 11.6 Å². The van der Waals surface area contributed by atoms with Crippen LogP contribution in [0.4, 0.5) is 0 Å². The van der Waals surface area contributed by atoms with Crippen molar-refractivity contribution >= 4 is 21.9 Å². The topological polar surface area (TPSA) is 59.4 Å². The number of carboxylic acids is 1. The van der Waals surface area contributed by atoms with Crippen LogP contribution in [0.3, 0.4) is 0 Å². The van der Waals surface area contributed by atoms with E-state index >= 15 is 0 Å². The Kier molecular flexibility index (Phi) is 4.14. The third-order valence-electron chi connectivity index (χ3n) is 2.96. The van der Waals surface area contributed by atoms with Crippen LogP contribution in [-0.2, 0) is 9.53 Å². The standard InChI is InChI=1S/C13H14BrNO3/c1-8-10(2-3-12(14)15-8)11-6-9(4-5-18-11)7-13(16)17/h2-3,7,11H,4-6H2,1H3,(H,16,17). The molecule has 0 aliphatic carbocycles. The van der Waals surface area contributed by atoms with Crippen molar-refractivity contribution in [2.45, 2.75) is 25.9 Å². The monoisotopic (exact) mass is 311 g/mol. The maximum atomic E-state index is 10.7. The predicted molar refractivity (Wildman–Crippen MR) is 70.3 cm³/mol. The number of pyridine rings is 1. The summed E-state index contributed by atoms with van der Waals surface area (Å²) in [6, 6.07) is 3.85. The van der Waals surface area contributed by atoms with E-state index in [1.165, 1.54) is 6.08 Å². The van der Waals surface area contributed by atoms with E-state index in [9.17, 15) is 4.79 Å². The maximum Gasteiger partial charge on any atom is 0.328 e. The Labute approximate surface area is 114 Å². The highest BCUT2D eigenvalue weighted by atomic mass is 79.9. The van der Waals surface area contributed by atoms with E-state index in [4.69, 9.17) is 9.84 Å². The second-order valence-electron chi connectivity index (χ2n) is 4.26. The number of aromatic nitrogens is 1. The Morgan fingerprint density at radius 2 is 2.39 bits per heavy atom. The molecule has 1 aliphatic heterocycles.